The molecule has 3 unspecified atom stereocenters. The van der Waals surface area contributed by atoms with Crippen LogP contribution >= 0.6 is 0 Å². The highest BCUT2D eigenvalue weighted by Gasteiger charge is 2.48. The summed E-state index contributed by atoms with van der Waals surface area (Å²) in [5.41, 5.74) is 5.31. The van der Waals surface area contributed by atoms with E-state index < -0.39 is 16.9 Å². The number of hydrogen-bond donors (Lipinski definition) is 1. The van der Waals surface area contributed by atoms with Crippen molar-refractivity contribution in [3.8, 4) is 0 Å². The lowest BCUT2D eigenvalue weighted by Gasteiger charge is -2.25. The molecule has 1 aliphatic heterocycles. The number of amides is 2. The van der Waals surface area contributed by atoms with Crippen LogP contribution in [-0.2, 0) is 16.1 Å². The van der Waals surface area contributed by atoms with E-state index in [0.29, 0.717) is 12.5 Å². The van der Waals surface area contributed by atoms with E-state index in [9.17, 15) is 19.7 Å². The Hall–Kier alpha value is -2.45. The van der Waals surface area contributed by atoms with Gasteiger partial charge in [-0.2, -0.15) is 5.10 Å². The smallest absolute Gasteiger partial charge is 0.307 e. The summed E-state index contributed by atoms with van der Waals surface area (Å²) in [5.74, 6) is -0.285. The number of nitrogens with two attached hydrogens (primary N) is 1. The Labute approximate surface area is 126 Å². The summed E-state index contributed by atoms with van der Waals surface area (Å²) in [6.07, 6.45) is 5.28. The third-order valence-corrected chi connectivity index (χ3v) is 4.63. The molecule has 22 heavy (non-hydrogen) atoms. The Balaban J connectivity index is 1.73. The monoisotopic (exact) mass is 307 g/mol. The van der Waals surface area contributed by atoms with Crippen LogP contribution in [0, 0.1) is 22.0 Å². The fraction of sp³-hybridized carbons (Fsp3) is 0.615. The van der Waals surface area contributed by atoms with E-state index in [1.54, 1.807) is 0 Å². The van der Waals surface area contributed by atoms with E-state index in [2.05, 4.69) is 5.10 Å². The normalized spacial score (nSPS) is 26.9. The van der Waals surface area contributed by atoms with E-state index in [4.69, 9.17) is 5.73 Å². The average Bonchev–Trinajstić information content (AvgIpc) is 3.11. The van der Waals surface area contributed by atoms with Crippen LogP contribution in [0.3, 0.4) is 0 Å². The fourth-order valence-electron chi connectivity index (χ4n) is 3.69. The van der Waals surface area contributed by atoms with Crippen molar-refractivity contribution >= 4 is 17.5 Å². The molecule has 2 fully saturated rings. The number of primary amides is 1. The second-order valence-corrected chi connectivity index (χ2v) is 5.90. The molecule has 2 amide bonds. The molecular formula is C13H17N5O4. The van der Waals surface area contributed by atoms with Crippen molar-refractivity contribution in [2.75, 3.05) is 6.54 Å². The molecule has 0 aromatic carbocycles. The summed E-state index contributed by atoms with van der Waals surface area (Å²) in [6.45, 7) is 0.400. The minimum absolute atomic E-state index is 0.128. The molecule has 9 heteroatoms. The van der Waals surface area contributed by atoms with Gasteiger partial charge in [-0.25, -0.2) is 0 Å². The molecule has 1 aliphatic carbocycles. The zero-order valence-corrected chi connectivity index (χ0v) is 11.9. The van der Waals surface area contributed by atoms with Gasteiger partial charge in [-0.05, 0) is 24.7 Å². The standard InChI is InChI=1S/C13H17N5O4/c14-13(20)12-10-3-1-2-8(10)5-17(12)11(19)7-16-6-9(4-15-16)18(21)22/h4,6,8,10,12H,1-3,5,7H2,(H2,14,20). The minimum Gasteiger partial charge on any atom is -0.368 e. The lowest BCUT2D eigenvalue weighted by atomic mass is 9.94. The number of carbonyl (C=O) groups is 2. The fourth-order valence-corrected chi connectivity index (χ4v) is 3.69. The number of rotatable bonds is 4. The molecule has 9 nitrogen and oxygen atoms in total. The summed E-state index contributed by atoms with van der Waals surface area (Å²) < 4.78 is 1.21. The highest BCUT2D eigenvalue weighted by molar-refractivity contribution is 5.87. The van der Waals surface area contributed by atoms with E-state index >= 15 is 0 Å². The summed E-state index contributed by atoms with van der Waals surface area (Å²) in [6, 6.07) is -0.564. The number of nitro groups is 1. The molecule has 1 saturated carbocycles. The van der Waals surface area contributed by atoms with Gasteiger partial charge in [-0.15, -0.1) is 0 Å². The third kappa shape index (κ3) is 2.42. The number of nitrogens with zero attached hydrogens (tertiary/aromatic N) is 4. The first-order valence-corrected chi connectivity index (χ1v) is 7.23. The maximum Gasteiger partial charge on any atom is 0.307 e. The molecule has 1 aromatic rings. The van der Waals surface area contributed by atoms with Crippen molar-refractivity contribution < 1.29 is 14.5 Å². The van der Waals surface area contributed by atoms with Crippen molar-refractivity contribution in [3.05, 3.63) is 22.5 Å². The van der Waals surface area contributed by atoms with Crippen LogP contribution in [0.2, 0.25) is 0 Å². The van der Waals surface area contributed by atoms with Crippen LogP contribution in [0.4, 0.5) is 5.69 Å². The minimum atomic E-state index is -0.569. The largest absolute Gasteiger partial charge is 0.368 e. The first kappa shape index (κ1) is 14.5. The van der Waals surface area contributed by atoms with E-state index in [-0.39, 0.29) is 24.1 Å². The van der Waals surface area contributed by atoms with Crippen molar-refractivity contribution in [2.45, 2.75) is 31.8 Å². The van der Waals surface area contributed by atoms with Gasteiger partial charge in [0, 0.05) is 6.54 Å². The number of hydrogen-bond acceptors (Lipinski definition) is 5. The lowest BCUT2D eigenvalue weighted by molar-refractivity contribution is -0.385. The van der Waals surface area contributed by atoms with E-state index in [1.807, 2.05) is 0 Å². The number of fused-ring (bicyclic) bond motifs is 1. The molecule has 118 valence electrons. The molecule has 2 heterocycles. The molecule has 2 aliphatic rings. The van der Waals surface area contributed by atoms with Crippen molar-refractivity contribution in [1.82, 2.24) is 14.7 Å². The Morgan fingerprint density at radius 2 is 2.23 bits per heavy atom. The van der Waals surface area contributed by atoms with Crippen molar-refractivity contribution in [1.29, 1.82) is 0 Å². The van der Waals surface area contributed by atoms with Gasteiger partial charge < -0.3 is 10.6 Å². The number of aromatic nitrogens is 2. The first-order valence-electron chi connectivity index (χ1n) is 7.23. The molecule has 1 saturated heterocycles. The van der Waals surface area contributed by atoms with Gasteiger partial charge in [-0.3, -0.25) is 24.4 Å². The third-order valence-electron chi connectivity index (χ3n) is 4.63. The Bertz CT molecular complexity index is 628. The highest BCUT2D eigenvalue weighted by atomic mass is 16.6. The van der Waals surface area contributed by atoms with Gasteiger partial charge in [0.1, 0.15) is 25.0 Å². The van der Waals surface area contributed by atoms with Gasteiger partial charge >= 0.3 is 5.69 Å². The zero-order chi connectivity index (χ0) is 15.9. The first-order chi connectivity index (χ1) is 10.5. The quantitative estimate of drug-likeness (QED) is 0.614. The average molecular weight is 307 g/mol. The Kier molecular flexibility index (Phi) is 3.55. The van der Waals surface area contributed by atoms with Crippen LogP contribution in [0.25, 0.3) is 0 Å². The Morgan fingerprint density at radius 1 is 1.45 bits per heavy atom. The maximum atomic E-state index is 12.4. The van der Waals surface area contributed by atoms with Gasteiger partial charge in [0.05, 0.1) is 4.92 Å². The molecule has 0 bridgehead atoms. The highest BCUT2D eigenvalue weighted by Crippen LogP contribution is 2.42. The molecule has 0 radical (unpaired) electrons. The van der Waals surface area contributed by atoms with Crippen LogP contribution in [0.5, 0.6) is 0 Å². The summed E-state index contributed by atoms with van der Waals surface area (Å²) >= 11 is 0. The van der Waals surface area contributed by atoms with Crippen molar-refractivity contribution in [2.24, 2.45) is 17.6 Å². The summed E-state index contributed by atoms with van der Waals surface area (Å²) in [5, 5.41) is 14.4. The van der Waals surface area contributed by atoms with E-state index in [1.165, 1.54) is 15.8 Å². The topological polar surface area (TPSA) is 124 Å². The van der Waals surface area contributed by atoms with Crippen LogP contribution < -0.4 is 5.73 Å². The van der Waals surface area contributed by atoms with Crippen LogP contribution in [0.1, 0.15) is 19.3 Å². The van der Waals surface area contributed by atoms with Crippen LogP contribution in [-0.4, -0.2) is 44.0 Å². The van der Waals surface area contributed by atoms with E-state index in [0.717, 1.165) is 25.5 Å². The second-order valence-electron chi connectivity index (χ2n) is 5.90. The summed E-state index contributed by atoms with van der Waals surface area (Å²) in [4.78, 5) is 35.7. The van der Waals surface area contributed by atoms with Gasteiger partial charge in [-0.1, -0.05) is 6.42 Å². The predicted octanol–water partition coefficient (Wildman–Crippen LogP) is -0.0963. The molecule has 1 aromatic heterocycles. The zero-order valence-electron chi connectivity index (χ0n) is 11.9. The molecular weight excluding hydrogens is 290 g/mol. The lowest BCUT2D eigenvalue weighted by Crippen LogP contribution is -2.47. The van der Waals surface area contributed by atoms with Gasteiger partial charge in [0.25, 0.3) is 0 Å². The van der Waals surface area contributed by atoms with Crippen molar-refractivity contribution in [3.63, 3.8) is 0 Å². The van der Waals surface area contributed by atoms with Gasteiger partial charge in [0.15, 0.2) is 0 Å². The second kappa shape index (κ2) is 5.39. The maximum absolute atomic E-state index is 12.4. The van der Waals surface area contributed by atoms with Gasteiger partial charge in [0.2, 0.25) is 11.8 Å². The predicted molar refractivity (Wildman–Crippen MR) is 74.4 cm³/mol. The number of carbonyl (C=O) groups excluding carboxylic acids is 2. The number of likely N-dealkylation sites (tertiary alicyclic amines) is 1. The molecule has 3 atom stereocenters. The summed E-state index contributed by atoms with van der Waals surface area (Å²) in [7, 11) is 0. The SMILES string of the molecule is NC(=O)C1C2CCCC2CN1C(=O)Cn1cc([N+](=O)[O-])cn1. The molecule has 3 rings (SSSR count). The molecule has 0 spiro atoms. The van der Waals surface area contributed by atoms with Crippen LogP contribution in [0.15, 0.2) is 12.4 Å². The Morgan fingerprint density at radius 3 is 2.86 bits per heavy atom. The molecule has 2 N–H and O–H groups in total.